The Kier molecular flexibility index (Phi) is 8.70. The van der Waals surface area contributed by atoms with Crippen LogP contribution in [0, 0.1) is 10.5 Å². The van der Waals surface area contributed by atoms with Crippen molar-refractivity contribution in [1.29, 1.82) is 0 Å². The van der Waals surface area contributed by atoms with Crippen LogP contribution >= 0.6 is 34.2 Å². The number of benzene rings is 4. The number of nitrogens with one attached hydrogen (secondary N) is 2. The van der Waals surface area contributed by atoms with Gasteiger partial charge in [0.1, 0.15) is 5.69 Å². The summed E-state index contributed by atoms with van der Waals surface area (Å²) in [6.45, 7) is 4.12. The Labute approximate surface area is 255 Å². The molecule has 7 nitrogen and oxygen atoms in total. The minimum absolute atomic E-state index is 0.289. The summed E-state index contributed by atoms with van der Waals surface area (Å²) >= 11 is 8.76. The first kappa shape index (κ1) is 28.4. The Morgan fingerprint density at radius 3 is 2.61 bits per heavy atom. The summed E-state index contributed by atoms with van der Waals surface area (Å²) < 4.78 is 12.3. The Morgan fingerprint density at radius 1 is 1.00 bits per heavy atom. The van der Waals surface area contributed by atoms with Gasteiger partial charge in [0.25, 0.3) is 5.91 Å². The van der Waals surface area contributed by atoms with E-state index in [1.807, 2.05) is 56.3 Å². The number of esters is 1. The quantitative estimate of drug-likeness (QED) is 0.0577. The number of aryl methyl sites for hydroxylation is 1. The van der Waals surface area contributed by atoms with E-state index in [0.717, 1.165) is 25.6 Å². The van der Waals surface area contributed by atoms with E-state index in [-0.39, 0.29) is 5.75 Å². The highest BCUT2D eigenvalue weighted by Gasteiger charge is 2.21. The lowest BCUT2D eigenvalue weighted by Gasteiger charge is -2.11. The molecular formula is C32H25ClIN3O4. The molecule has 5 rings (SSSR count). The highest BCUT2D eigenvalue weighted by molar-refractivity contribution is 14.1. The van der Waals surface area contributed by atoms with Crippen LogP contribution in [0.5, 0.6) is 11.5 Å². The third kappa shape index (κ3) is 6.44. The maximum Gasteiger partial charge on any atom is 0.343 e. The summed E-state index contributed by atoms with van der Waals surface area (Å²) in [4.78, 5) is 29.2. The first-order valence-corrected chi connectivity index (χ1v) is 14.2. The zero-order chi connectivity index (χ0) is 28.9. The number of H-pyrrole nitrogens is 1. The normalized spacial score (nSPS) is 11.1. The molecule has 206 valence electrons. The van der Waals surface area contributed by atoms with Gasteiger partial charge < -0.3 is 14.5 Å². The van der Waals surface area contributed by atoms with Crippen LogP contribution in [0.15, 0.2) is 90.0 Å². The summed E-state index contributed by atoms with van der Waals surface area (Å²) in [5, 5.41) is 5.59. The van der Waals surface area contributed by atoms with Gasteiger partial charge in [0.2, 0.25) is 0 Å². The number of hydrazone groups is 1. The summed E-state index contributed by atoms with van der Waals surface area (Å²) in [6, 6.07) is 25.5. The number of amides is 1. The molecule has 0 aliphatic rings. The molecule has 9 heteroatoms. The van der Waals surface area contributed by atoms with Crippen molar-refractivity contribution >= 4 is 63.2 Å². The van der Waals surface area contributed by atoms with Crippen molar-refractivity contribution in [2.75, 3.05) is 6.61 Å². The van der Waals surface area contributed by atoms with Crippen molar-refractivity contribution in [2.45, 2.75) is 13.8 Å². The van der Waals surface area contributed by atoms with Gasteiger partial charge in [-0.25, -0.2) is 10.2 Å². The van der Waals surface area contributed by atoms with Gasteiger partial charge in [-0.15, -0.1) is 0 Å². The van der Waals surface area contributed by atoms with E-state index >= 15 is 0 Å². The van der Waals surface area contributed by atoms with Gasteiger partial charge in [0, 0.05) is 30.6 Å². The summed E-state index contributed by atoms with van der Waals surface area (Å²) in [7, 11) is 0. The molecule has 5 aromatic rings. The molecule has 4 aromatic carbocycles. The van der Waals surface area contributed by atoms with E-state index in [1.165, 1.54) is 6.21 Å². The third-order valence-electron chi connectivity index (χ3n) is 6.23. The zero-order valence-electron chi connectivity index (χ0n) is 22.2. The number of carbonyl (C=O) groups excluding carboxylic acids is 2. The van der Waals surface area contributed by atoms with Crippen LogP contribution in [0.1, 0.15) is 38.9 Å². The van der Waals surface area contributed by atoms with Gasteiger partial charge in [0.05, 0.1) is 18.4 Å². The van der Waals surface area contributed by atoms with Crippen LogP contribution in [-0.2, 0) is 0 Å². The van der Waals surface area contributed by atoms with Crippen molar-refractivity contribution in [3.05, 3.63) is 116 Å². The molecule has 0 radical (unpaired) electrons. The monoisotopic (exact) mass is 677 g/mol. The molecule has 0 saturated carbocycles. The van der Waals surface area contributed by atoms with Gasteiger partial charge in [-0.1, -0.05) is 47.5 Å². The second-order valence-electron chi connectivity index (χ2n) is 9.14. The van der Waals surface area contributed by atoms with Gasteiger partial charge in [-0.2, -0.15) is 5.10 Å². The fourth-order valence-electron chi connectivity index (χ4n) is 4.39. The molecular weight excluding hydrogens is 653 g/mol. The van der Waals surface area contributed by atoms with Gasteiger partial charge >= 0.3 is 5.97 Å². The van der Waals surface area contributed by atoms with Crippen molar-refractivity contribution < 1.29 is 19.1 Å². The number of nitrogens with zero attached hydrogens (tertiary/aromatic N) is 1. The van der Waals surface area contributed by atoms with E-state index < -0.39 is 11.9 Å². The maximum absolute atomic E-state index is 13.3. The van der Waals surface area contributed by atoms with Crippen LogP contribution in [0.4, 0.5) is 0 Å². The van der Waals surface area contributed by atoms with Crippen molar-refractivity contribution in [3.8, 4) is 22.6 Å². The van der Waals surface area contributed by atoms with Crippen LogP contribution in [0.2, 0.25) is 5.02 Å². The Bertz CT molecular complexity index is 1800. The molecule has 0 spiro atoms. The molecule has 0 aliphatic carbocycles. The molecule has 41 heavy (non-hydrogen) atoms. The second-order valence-corrected chi connectivity index (χ2v) is 10.8. The fraction of sp³-hybridized carbons (Fsp3) is 0.0938. The van der Waals surface area contributed by atoms with Gasteiger partial charge in [-0.3, -0.25) is 4.79 Å². The molecule has 0 saturated heterocycles. The Balaban J connectivity index is 1.38. The molecule has 1 amide bonds. The summed E-state index contributed by atoms with van der Waals surface area (Å²) in [5.41, 5.74) is 7.26. The SMILES string of the molecule is CCOc1cc(C=NNC(=O)c2[nH]c3ccc(I)cc3c2-c2ccccc2Cl)ccc1OC(=O)c1cccc(C)c1. The molecule has 1 aromatic heterocycles. The average molecular weight is 678 g/mol. The number of ether oxygens (including phenoxy) is 2. The number of aromatic amines is 1. The number of hydrogen-bond acceptors (Lipinski definition) is 5. The highest BCUT2D eigenvalue weighted by Crippen LogP contribution is 2.37. The molecule has 0 aliphatic heterocycles. The highest BCUT2D eigenvalue weighted by atomic mass is 127. The van der Waals surface area contributed by atoms with Gasteiger partial charge in [0.15, 0.2) is 11.5 Å². The van der Waals surface area contributed by atoms with Crippen LogP contribution < -0.4 is 14.9 Å². The number of rotatable bonds is 8. The topological polar surface area (TPSA) is 92.8 Å². The van der Waals surface area contributed by atoms with E-state index in [0.29, 0.717) is 39.8 Å². The molecule has 0 unspecified atom stereocenters. The molecule has 2 N–H and O–H groups in total. The molecule has 0 bridgehead atoms. The Morgan fingerprint density at radius 2 is 1.83 bits per heavy atom. The van der Waals surface area contributed by atoms with E-state index in [1.54, 1.807) is 42.5 Å². The number of carbonyl (C=O) groups is 2. The first-order chi connectivity index (χ1) is 19.8. The lowest BCUT2D eigenvalue weighted by atomic mass is 10.0. The van der Waals surface area contributed by atoms with E-state index in [9.17, 15) is 9.59 Å². The number of hydrogen-bond donors (Lipinski definition) is 2. The largest absolute Gasteiger partial charge is 0.490 e. The minimum atomic E-state index is -0.481. The van der Waals surface area contributed by atoms with Crippen molar-refractivity contribution in [1.82, 2.24) is 10.4 Å². The van der Waals surface area contributed by atoms with Gasteiger partial charge in [-0.05, 0) is 96.6 Å². The Hall–Kier alpha value is -4.15. The maximum atomic E-state index is 13.3. The first-order valence-electron chi connectivity index (χ1n) is 12.8. The van der Waals surface area contributed by atoms with Crippen molar-refractivity contribution in [3.63, 3.8) is 0 Å². The third-order valence-corrected chi connectivity index (χ3v) is 7.24. The standard InChI is InChI=1S/C32H25ClIN3O4/c1-3-40-28-16-20(11-14-27(28)41-32(39)21-8-6-7-19(2)15-21)18-35-37-31(38)30-29(23-9-4-5-10-25(23)33)24-17-22(34)12-13-26(24)36-30/h4-18,36H,3H2,1-2H3,(H,37,38). The smallest absolute Gasteiger partial charge is 0.343 e. The fourth-order valence-corrected chi connectivity index (χ4v) is 5.11. The van der Waals surface area contributed by atoms with E-state index in [4.69, 9.17) is 21.1 Å². The predicted octanol–water partition coefficient (Wildman–Crippen LogP) is 7.78. The lowest BCUT2D eigenvalue weighted by molar-refractivity contribution is 0.0728. The average Bonchev–Trinajstić information content (AvgIpc) is 3.33. The summed E-state index contributed by atoms with van der Waals surface area (Å²) in [5.74, 6) is -0.228. The summed E-state index contributed by atoms with van der Waals surface area (Å²) in [6.07, 6.45) is 1.49. The van der Waals surface area contributed by atoms with Crippen LogP contribution in [0.3, 0.4) is 0 Å². The van der Waals surface area contributed by atoms with Crippen LogP contribution in [-0.4, -0.2) is 29.7 Å². The number of fused-ring (bicyclic) bond motifs is 1. The zero-order valence-corrected chi connectivity index (χ0v) is 25.1. The van der Waals surface area contributed by atoms with E-state index in [2.05, 4.69) is 38.1 Å². The second kappa shape index (κ2) is 12.6. The molecule has 1 heterocycles. The number of aromatic nitrogens is 1. The predicted molar refractivity (Wildman–Crippen MR) is 170 cm³/mol. The number of halogens is 2. The molecule has 0 fully saturated rings. The minimum Gasteiger partial charge on any atom is -0.490 e. The lowest BCUT2D eigenvalue weighted by Crippen LogP contribution is -2.19. The van der Waals surface area contributed by atoms with Crippen molar-refractivity contribution in [2.24, 2.45) is 5.10 Å². The molecule has 0 atom stereocenters. The van der Waals surface area contributed by atoms with Crippen LogP contribution in [0.25, 0.3) is 22.0 Å².